The molecule has 0 radical (unpaired) electrons. The average molecular weight is 162 g/mol. The monoisotopic (exact) mass is 162 g/mol. The molecule has 2 rings (SSSR count). The van der Waals surface area contributed by atoms with Gasteiger partial charge in [-0.25, -0.2) is 8.42 Å². The third-order valence-corrected chi connectivity index (χ3v) is 4.52. The molecule has 1 heterocycles. The molecular weight excluding hydrogens is 152 g/mol. The first-order valence-electron chi connectivity index (χ1n) is 3.55. The number of hydrogen-bond donors (Lipinski definition) is 0. The molecule has 1 unspecified atom stereocenters. The van der Waals surface area contributed by atoms with E-state index < -0.39 is 15.3 Å². The fraction of sp³-hybridized carbons (Fsp3) is 1.00. The van der Waals surface area contributed by atoms with Crippen molar-refractivity contribution in [2.24, 2.45) is 0 Å². The quantitative estimate of drug-likeness (QED) is 0.587. The van der Waals surface area contributed by atoms with Crippen LogP contribution in [0.15, 0.2) is 0 Å². The number of rotatable bonds is 2. The molecule has 1 saturated heterocycles. The third kappa shape index (κ3) is 0.864. The highest BCUT2D eigenvalue weighted by Crippen LogP contribution is 2.34. The van der Waals surface area contributed by atoms with Crippen molar-refractivity contribution in [3.63, 3.8) is 0 Å². The van der Waals surface area contributed by atoms with Gasteiger partial charge in [-0.2, -0.15) is 0 Å². The van der Waals surface area contributed by atoms with Gasteiger partial charge in [0.05, 0.1) is 11.9 Å². The van der Waals surface area contributed by atoms with E-state index in [1.54, 1.807) is 0 Å². The Morgan fingerprint density at radius 1 is 1.20 bits per heavy atom. The fourth-order valence-electron chi connectivity index (χ4n) is 1.08. The SMILES string of the molecule is O=S(=O)(C1CC1)C1CCO1. The van der Waals surface area contributed by atoms with Crippen molar-refractivity contribution in [3.8, 4) is 0 Å². The van der Waals surface area contributed by atoms with Crippen molar-refractivity contribution < 1.29 is 13.2 Å². The van der Waals surface area contributed by atoms with Gasteiger partial charge in [0.25, 0.3) is 0 Å². The third-order valence-electron chi connectivity index (χ3n) is 2.01. The van der Waals surface area contributed by atoms with E-state index in [9.17, 15) is 8.42 Å². The Balaban J connectivity index is 2.12. The number of sulfone groups is 1. The molecule has 0 aromatic carbocycles. The van der Waals surface area contributed by atoms with E-state index in [-0.39, 0.29) is 5.25 Å². The minimum absolute atomic E-state index is 0.0576. The van der Waals surface area contributed by atoms with E-state index in [0.717, 1.165) is 12.8 Å². The van der Waals surface area contributed by atoms with Crippen LogP contribution < -0.4 is 0 Å². The lowest BCUT2D eigenvalue weighted by molar-refractivity contribution is 0.00307. The molecule has 58 valence electrons. The van der Waals surface area contributed by atoms with Crippen molar-refractivity contribution in [2.45, 2.75) is 29.9 Å². The van der Waals surface area contributed by atoms with E-state index in [2.05, 4.69) is 0 Å². The van der Waals surface area contributed by atoms with Crippen LogP contribution in [0.5, 0.6) is 0 Å². The average Bonchev–Trinajstić information content (AvgIpc) is 2.32. The molecule has 3 nitrogen and oxygen atoms in total. The van der Waals surface area contributed by atoms with Gasteiger partial charge < -0.3 is 4.74 Å². The van der Waals surface area contributed by atoms with Gasteiger partial charge in [0, 0.05) is 6.42 Å². The van der Waals surface area contributed by atoms with Crippen molar-refractivity contribution in [2.75, 3.05) is 6.61 Å². The maximum absolute atomic E-state index is 11.3. The van der Waals surface area contributed by atoms with Crippen molar-refractivity contribution in [3.05, 3.63) is 0 Å². The van der Waals surface area contributed by atoms with Crippen LogP contribution in [0.3, 0.4) is 0 Å². The van der Waals surface area contributed by atoms with E-state index in [1.165, 1.54) is 0 Å². The van der Waals surface area contributed by atoms with E-state index in [4.69, 9.17) is 4.74 Å². The number of ether oxygens (including phenoxy) is 1. The Labute approximate surface area is 60.3 Å². The van der Waals surface area contributed by atoms with E-state index in [1.807, 2.05) is 0 Å². The van der Waals surface area contributed by atoms with Crippen LogP contribution in [0, 0.1) is 0 Å². The highest BCUT2D eigenvalue weighted by atomic mass is 32.2. The van der Waals surface area contributed by atoms with Gasteiger partial charge in [0.1, 0.15) is 0 Å². The Morgan fingerprint density at radius 2 is 1.80 bits per heavy atom. The molecule has 2 aliphatic rings. The van der Waals surface area contributed by atoms with E-state index in [0.29, 0.717) is 13.0 Å². The molecule has 1 aliphatic carbocycles. The van der Waals surface area contributed by atoms with Gasteiger partial charge in [0.15, 0.2) is 15.3 Å². The molecule has 0 aromatic rings. The molecule has 4 heteroatoms. The first-order valence-corrected chi connectivity index (χ1v) is 5.16. The van der Waals surface area contributed by atoms with Crippen LogP contribution in [0.2, 0.25) is 0 Å². The molecule has 1 atom stereocenters. The Hall–Kier alpha value is -0.0900. The van der Waals surface area contributed by atoms with E-state index >= 15 is 0 Å². The van der Waals surface area contributed by atoms with Gasteiger partial charge in [-0.1, -0.05) is 0 Å². The molecule has 1 aliphatic heterocycles. The lowest BCUT2D eigenvalue weighted by Gasteiger charge is -2.25. The van der Waals surface area contributed by atoms with Gasteiger partial charge in [-0.15, -0.1) is 0 Å². The summed E-state index contributed by atoms with van der Waals surface area (Å²) in [5, 5.41) is -0.0576. The first kappa shape index (κ1) is 6.61. The van der Waals surface area contributed by atoms with Gasteiger partial charge in [-0.05, 0) is 12.8 Å². The van der Waals surface area contributed by atoms with Crippen molar-refractivity contribution in [1.29, 1.82) is 0 Å². The second-order valence-electron chi connectivity index (χ2n) is 2.88. The molecule has 0 aromatic heterocycles. The molecule has 0 amide bonds. The highest BCUT2D eigenvalue weighted by molar-refractivity contribution is 7.92. The van der Waals surface area contributed by atoms with Crippen LogP contribution in [-0.4, -0.2) is 25.7 Å². The minimum Gasteiger partial charge on any atom is -0.362 e. The Bertz CT molecular complexity index is 223. The normalized spacial score (nSPS) is 33.4. The molecule has 2 fully saturated rings. The van der Waals surface area contributed by atoms with Crippen LogP contribution in [0.4, 0.5) is 0 Å². The second-order valence-corrected chi connectivity index (χ2v) is 5.25. The smallest absolute Gasteiger partial charge is 0.180 e. The zero-order valence-electron chi connectivity index (χ0n) is 5.62. The predicted molar refractivity (Wildman–Crippen MR) is 36.3 cm³/mol. The van der Waals surface area contributed by atoms with Crippen LogP contribution in [0.1, 0.15) is 19.3 Å². The summed E-state index contributed by atoms with van der Waals surface area (Å²) in [6.07, 6.45) is 2.41. The first-order chi connectivity index (χ1) is 4.71. The van der Waals surface area contributed by atoms with Gasteiger partial charge in [-0.3, -0.25) is 0 Å². The van der Waals surface area contributed by atoms with Crippen molar-refractivity contribution in [1.82, 2.24) is 0 Å². The van der Waals surface area contributed by atoms with Crippen LogP contribution >= 0.6 is 0 Å². The maximum atomic E-state index is 11.3. The minimum atomic E-state index is -2.85. The molecule has 0 bridgehead atoms. The summed E-state index contributed by atoms with van der Waals surface area (Å²) in [5.41, 5.74) is -0.444. The molecule has 10 heavy (non-hydrogen) atoms. The zero-order valence-corrected chi connectivity index (χ0v) is 6.43. The molecule has 0 N–H and O–H groups in total. The lowest BCUT2D eigenvalue weighted by Crippen LogP contribution is -2.36. The molecular formula is C6H10O3S. The standard InChI is InChI=1S/C6H10O3S/c7-10(8,5-1-2-5)6-3-4-9-6/h5-6H,1-4H2. The summed E-state index contributed by atoms with van der Waals surface area (Å²) in [6.45, 7) is 0.622. The summed E-state index contributed by atoms with van der Waals surface area (Å²) >= 11 is 0. The zero-order chi connectivity index (χ0) is 7.19. The summed E-state index contributed by atoms with van der Waals surface area (Å²) in [4.78, 5) is 0. The summed E-state index contributed by atoms with van der Waals surface area (Å²) in [6, 6.07) is 0. The summed E-state index contributed by atoms with van der Waals surface area (Å²) in [5.74, 6) is 0. The summed E-state index contributed by atoms with van der Waals surface area (Å²) < 4.78 is 27.4. The Kier molecular flexibility index (Phi) is 1.29. The maximum Gasteiger partial charge on any atom is 0.180 e. The van der Waals surface area contributed by atoms with Crippen molar-refractivity contribution >= 4 is 9.84 Å². The van der Waals surface area contributed by atoms with Crippen LogP contribution in [-0.2, 0) is 14.6 Å². The molecule has 0 spiro atoms. The van der Waals surface area contributed by atoms with Gasteiger partial charge in [0.2, 0.25) is 0 Å². The largest absolute Gasteiger partial charge is 0.362 e. The summed E-state index contributed by atoms with van der Waals surface area (Å²) in [7, 11) is -2.85. The van der Waals surface area contributed by atoms with Crippen LogP contribution in [0.25, 0.3) is 0 Å². The molecule has 1 saturated carbocycles. The van der Waals surface area contributed by atoms with Gasteiger partial charge >= 0.3 is 0 Å². The number of hydrogen-bond acceptors (Lipinski definition) is 3. The highest BCUT2D eigenvalue weighted by Gasteiger charge is 2.44. The predicted octanol–water partition coefficient (Wildman–Crippen LogP) is 0.310. The Morgan fingerprint density at radius 3 is 2.10 bits per heavy atom. The fourth-order valence-corrected chi connectivity index (χ4v) is 3.02. The lowest BCUT2D eigenvalue weighted by atomic mass is 10.4. The topological polar surface area (TPSA) is 43.4 Å². The second kappa shape index (κ2) is 1.95.